The van der Waals surface area contributed by atoms with Crippen molar-refractivity contribution in [3.05, 3.63) is 12.7 Å². The van der Waals surface area contributed by atoms with Gasteiger partial charge in [-0.25, -0.2) is 0 Å². The minimum atomic E-state index is -0.220. The van der Waals surface area contributed by atoms with Gasteiger partial charge in [-0.1, -0.05) is 19.6 Å². The summed E-state index contributed by atoms with van der Waals surface area (Å²) in [6.07, 6.45) is 1.90. The minimum Gasteiger partial charge on any atom is -0.461 e. The van der Waals surface area contributed by atoms with Crippen LogP contribution >= 0.6 is 12.6 Å². The molecule has 0 aromatic carbocycles. The zero-order valence-corrected chi connectivity index (χ0v) is 6.93. The number of ether oxygens (including phenoxy) is 1. The van der Waals surface area contributed by atoms with E-state index in [-0.39, 0.29) is 11.2 Å². The van der Waals surface area contributed by atoms with Crippen LogP contribution in [0.15, 0.2) is 12.7 Å². The van der Waals surface area contributed by atoms with Crippen LogP contribution in [-0.2, 0) is 9.53 Å². The van der Waals surface area contributed by atoms with Crippen molar-refractivity contribution in [2.24, 2.45) is 0 Å². The second kappa shape index (κ2) is 5.35. The van der Waals surface area contributed by atoms with Gasteiger partial charge in [-0.05, 0) is 0 Å². The normalized spacial score (nSPS) is 12.2. The van der Waals surface area contributed by atoms with Gasteiger partial charge in [0.2, 0.25) is 0 Å². The van der Waals surface area contributed by atoms with E-state index in [9.17, 15) is 4.79 Å². The molecular formula is C7H12O2S. The third-order valence-electron chi connectivity index (χ3n) is 0.824. The van der Waals surface area contributed by atoms with Crippen molar-refractivity contribution in [3.63, 3.8) is 0 Å². The molecule has 58 valence electrons. The Morgan fingerprint density at radius 1 is 1.90 bits per heavy atom. The van der Waals surface area contributed by atoms with E-state index in [2.05, 4.69) is 19.2 Å². The number of carbonyl (C=O) groups excluding carboxylic acids is 1. The Morgan fingerprint density at radius 3 is 2.90 bits per heavy atom. The Bertz CT molecular complexity index is 121. The third kappa shape index (κ3) is 5.69. The molecule has 1 atom stereocenters. The quantitative estimate of drug-likeness (QED) is 0.382. The maximum absolute atomic E-state index is 10.7. The van der Waals surface area contributed by atoms with Gasteiger partial charge in [0.15, 0.2) is 0 Å². The Labute approximate surface area is 66.7 Å². The van der Waals surface area contributed by atoms with Crippen LogP contribution in [0.2, 0.25) is 0 Å². The molecule has 1 unspecified atom stereocenters. The summed E-state index contributed by atoms with van der Waals surface area (Å²) in [6.45, 7) is 5.55. The van der Waals surface area contributed by atoms with E-state index < -0.39 is 0 Å². The van der Waals surface area contributed by atoms with Gasteiger partial charge in [-0.15, -0.1) is 0 Å². The molecule has 0 N–H and O–H groups in total. The standard InChI is InChI=1S/C7H12O2S/c1-3-4-9-7(8)5-6(2)10/h3,6,10H,1,4-5H2,2H3. The van der Waals surface area contributed by atoms with E-state index >= 15 is 0 Å². The molecule has 0 aliphatic heterocycles. The minimum absolute atomic E-state index is 0.0670. The van der Waals surface area contributed by atoms with Crippen molar-refractivity contribution in [3.8, 4) is 0 Å². The fraction of sp³-hybridized carbons (Fsp3) is 0.571. The van der Waals surface area contributed by atoms with Gasteiger partial charge in [0.1, 0.15) is 6.61 Å². The highest BCUT2D eigenvalue weighted by atomic mass is 32.1. The van der Waals surface area contributed by atoms with Gasteiger partial charge >= 0.3 is 5.97 Å². The Kier molecular flexibility index (Phi) is 5.12. The van der Waals surface area contributed by atoms with E-state index in [0.29, 0.717) is 13.0 Å². The molecule has 0 rings (SSSR count). The van der Waals surface area contributed by atoms with E-state index in [4.69, 9.17) is 4.74 Å². The van der Waals surface area contributed by atoms with Gasteiger partial charge < -0.3 is 4.74 Å². The van der Waals surface area contributed by atoms with Crippen molar-refractivity contribution in [2.75, 3.05) is 6.61 Å². The molecule has 0 bridgehead atoms. The van der Waals surface area contributed by atoms with Crippen molar-refractivity contribution in [1.82, 2.24) is 0 Å². The highest BCUT2D eigenvalue weighted by Crippen LogP contribution is 2.00. The molecule has 0 aliphatic carbocycles. The third-order valence-corrected chi connectivity index (χ3v) is 1.01. The van der Waals surface area contributed by atoms with Crippen molar-refractivity contribution < 1.29 is 9.53 Å². The molecule has 0 aliphatic rings. The van der Waals surface area contributed by atoms with E-state index in [0.717, 1.165) is 0 Å². The average Bonchev–Trinajstić information content (AvgIpc) is 1.82. The Morgan fingerprint density at radius 2 is 2.50 bits per heavy atom. The summed E-state index contributed by atoms with van der Waals surface area (Å²) >= 11 is 4.03. The highest BCUT2D eigenvalue weighted by molar-refractivity contribution is 7.80. The van der Waals surface area contributed by atoms with E-state index in [1.54, 1.807) is 6.08 Å². The summed E-state index contributed by atoms with van der Waals surface area (Å²) in [5.41, 5.74) is 0. The van der Waals surface area contributed by atoms with Crippen LogP contribution in [0.3, 0.4) is 0 Å². The number of rotatable bonds is 4. The van der Waals surface area contributed by atoms with Gasteiger partial charge in [0, 0.05) is 5.25 Å². The fourth-order valence-electron chi connectivity index (χ4n) is 0.452. The molecule has 10 heavy (non-hydrogen) atoms. The molecule has 0 heterocycles. The predicted octanol–water partition coefficient (Wildman–Crippen LogP) is 1.42. The molecule has 0 aromatic rings. The lowest BCUT2D eigenvalue weighted by atomic mass is 10.3. The van der Waals surface area contributed by atoms with Crippen LogP contribution in [0.1, 0.15) is 13.3 Å². The smallest absolute Gasteiger partial charge is 0.307 e. The molecule has 0 spiro atoms. The lowest BCUT2D eigenvalue weighted by molar-refractivity contribution is -0.142. The van der Waals surface area contributed by atoms with Gasteiger partial charge in [0.05, 0.1) is 6.42 Å². The molecule has 0 aromatic heterocycles. The summed E-state index contributed by atoms with van der Waals surface area (Å²) in [7, 11) is 0. The largest absolute Gasteiger partial charge is 0.461 e. The first-order valence-electron chi connectivity index (χ1n) is 3.11. The second-order valence-electron chi connectivity index (χ2n) is 2.02. The maximum Gasteiger partial charge on any atom is 0.307 e. The molecule has 0 fully saturated rings. The van der Waals surface area contributed by atoms with Gasteiger partial charge in [-0.3, -0.25) is 4.79 Å². The van der Waals surface area contributed by atoms with Crippen LogP contribution in [0, 0.1) is 0 Å². The number of carbonyl (C=O) groups is 1. The maximum atomic E-state index is 10.7. The number of esters is 1. The summed E-state index contributed by atoms with van der Waals surface area (Å²) in [4.78, 5) is 10.7. The van der Waals surface area contributed by atoms with Crippen LogP contribution in [0.25, 0.3) is 0 Å². The predicted molar refractivity (Wildman–Crippen MR) is 44.2 cm³/mol. The Hall–Kier alpha value is -0.440. The molecule has 3 heteroatoms. The zero-order valence-electron chi connectivity index (χ0n) is 6.04. The summed E-state index contributed by atoms with van der Waals surface area (Å²) < 4.78 is 4.70. The monoisotopic (exact) mass is 160 g/mol. The first-order chi connectivity index (χ1) is 4.66. The number of thiol groups is 1. The summed E-state index contributed by atoms with van der Waals surface area (Å²) in [5, 5.41) is 0.0670. The lowest BCUT2D eigenvalue weighted by Gasteiger charge is -2.02. The number of hydrogen-bond donors (Lipinski definition) is 1. The lowest BCUT2D eigenvalue weighted by Crippen LogP contribution is -2.08. The molecule has 0 amide bonds. The van der Waals surface area contributed by atoms with Gasteiger partial charge in [0.25, 0.3) is 0 Å². The molecule has 0 saturated carbocycles. The Balaban J connectivity index is 3.34. The first-order valence-corrected chi connectivity index (χ1v) is 3.63. The average molecular weight is 160 g/mol. The topological polar surface area (TPSA) is 26.3 Å². The van der Waals surface area contributed by atoms with Crippen LogP contribution in [-0.4, -0.2) is 17.8 Å². The van der Waals surface area contributed by atoms with Crippen molar-refractivity contribution in [2.45, 2.75) is 18.6 Å². The molecule has 0 saturated heterocycles. The van der Waals surface area contributed by atoms with Crippen molar-refractivity contribution >= 4 is 18.6 Å². The van der Waals surface area contributed by atoms with Crippen LogP contribution in [0.5, 0.6) is 0 Å². The van der Waals surface area contributed by atoms with Crippen LogP contribution in [0.4, 0.5) is 0 Å². The number of hydrogen-bond acceptors (Lipinski definition) is 3. The van der Waals surface area contributed by atoms with Gasteiger partial charge in [-0.2, -0.15) is 12.6 Å². The fourth-order valence-corrected chi connectivity index (χ4v) is 0.601. The SMILES string of the molecule is C=CCOC(=O)CC(C)S. The molecular weight excluding hydrogens is 148 g/mol. The highest BCUT2D eigenvalue weighted by Gasteiger charge is 2.04. The second-order valence-corrected chi connectivity index (χ2v) is 2.91. The summed E-state index contributed by atoms with van der Waals surface area (Å²) in [5.74, 6) is -0.220. The van der Waals surface area contributed by atoms with E-state index in [1.165, 1.54) is 0 Å². The van der Waals surface area contributed by atoms with E-state index in [1.807, 2.05) is 6.92 Å². The first kappa shape index (κ1) is 9.56. The zero-order chi connectivity index (χ0) is 7.98. The summed E-state index contributed by atoms with van der Waals surface area (Å²) in [6, 6.07) is 0. The molecule has 2 nitrogen and oxygen atoms in total. The van der Waals surface area contributed by atoms with Crippen LogP contribution < -0.4 is 0 Å². The van der Waals surface area contributed by atoms with Crippen molar-refractivity contribution in [1.29, 1.82) is 0 Å². The molecule has 0 radical (unpaired) electrons.